The molecule has 1 heterocycles. The number of nitrogens with one attached hydrogen (secondary N) is 1. The van der Waals surface area contributed by atoms with Crippen LogP contribution >= 0.6 is 24.0 Å². The van der Waals surface area contributed by atoms with Crippen molar-refractivity contribution in [3.8, 4) is 0 Å². The van der Waals surface area contributed by atoms with Crippen LogP contribution in [0.5, 0.6) is 0 Å². The van der Waals surface area contributed by atoms with Gasteiger partial charge in [-0.3, -0.25) is 0 Å². The highest BCUT2D eigenvalue weighted by Gasteiger charge is 1.82. The molecule has 3 nitrogen and oxygen atoms in total. The molecule has 0 aromatic carbocycles. The molecule has 0 aliphatic heterocycles. The van der Waals surface area contributed by atoms with E-state index in [4.69, 9.17) is 11.6 Å². The molecule has 0 bridgehead atoms. The minimum absolute atomic E-state index is 0. The van der Waals surface area contributed by atoms with E-state index in [-0.39, 0.29) is 18.1 Å². The standard InChI is InChI=1S/C4H3ClN2O.ClH/c5-3-1-6-4(8)7-2-3;/h1-2H,(H,6,7,8);1H. The first-order valence-corrected chi connectivity index (χ1v) is 2.37. The lowest BCUT2D eigenvalue weighted by atomic mass is 10.7. The van der Waals surface area contributed by atoms with Gasteiger partial charge in [-0.2, -0.15) is 0 Å². The Balaban J connectivity index is 0.000000640. The van der Waals surface area contributed by atoms with Crippen molar-refractivity contribution in [3.05, 3.63) is 27.9 Å². The van der Waals surface area contributed by atoms with Crippen LogP contribution < -0.4 is 5.69 Å². The number of nitrogens with zero attached hydrogens (tertiary/aromatic N) is 1. The average molecular weight is 167 g/mol. The quantitative estimate of drug-likeness (QED) is 0.622. The van der Waals surface area contributed by atoms with Gasteiger partial charge in [0.15, 0.2) is 0 Å². The molecule has 0 atom stereocenters. The van der Waals surface area contributed by atoms with E-state index in [9.17, 15) is 4.79 Å². The maximum Gasteiger partial charge on any atom is 0.344 e. The first kappa shape index (κ1) is 8.46. The highest BCUT2D eigenvalue weighted by Crippen LogP contribution is 1.97. The minimum atomic E-state index is -0.380. The Morgan fingerprint density at radius 3 is 2.67 bits per heavy atom. The fourth-order valence-electron chi connectivity index (χ4n) is 0.326. The highest BCUT2D eigenvalue weighted by atomic mass is 35.5. The van der Waals surface area contributed by atoms with Crippen molar-refractivity contribution < 1.29 is 0 Å². The number of aromatic nitrogens is 2. The van der Waals surface area contributed by atoms with Crippen LogP contribution in [-0.4, -0.2) is 9.97 Å². The largest absolute Gasteiger partial charge is 0.344 e. The summed E-state index contributed by atoms with van der Waals surface area (Å²) in [5.74, 6) is 0. The Morgan fingerprint density at radius 2 is 2.33 bits per heavy atom. The van der Waals surface area contributed by atoms with Crippen LogP contribution in [0.4, 0.5) is 0 Å². The van der Waals surface area contributed by atoms with Crippen molar-refractivity contribution in [2.75, 3.05) is 0 Å². The van der Waals surface area contributed by atoms with Crippen molar-refractivity contribution >= 4 is 24.0 Å². The molecule has 1 aromatic heterocycles. The second-order valence-electron chi connectivity index (χ2n) is 1.24. The number of hydrogen-bond donors (Lipinski definition) is 1. The van der Waals surface area contributed by atoms with Gasteiger partial charge >= 0.3 is 5.69 Å². The molecule has 1 rings (SSSR count). The van der Waals surface area contributed by atoms with E-state index < -0.39 is 0 Å². The zero-order valence-electron chi connectivity index (χ0n) is 4.30. The molecular weight excluding hydrogens is 163 g/mol. The summed E-state index contributed by atoms with van der Waals surface area (Å²) < 4.78 is 0. The van der Waals surface area contributed by atoms with Crippen molar-refractivity contribution in [2.45, 2.75) is 0 Å². The Morgan fingerprint density at radius 1 is 1.67 bits per heavy atom. The van der Waals surface area contributed by atoms with Crippen LogP contribution in [0.2, 0.25) is 5.02 Å². The van der Waals surface area contributed by atoms with Crippen molar-refractivity contribution in [1.29, 1.82) is 0 Å². The van der Waals surface area contributed by atoms with E-state index in [2.05, 4.69) is 9.97 Å². The summed E-state index contributed by atoms with van der Waals surface area (Å²) in [6, 6.07) is 0. The summed E-state index contributed by atoms with van der Waals surface area (Å²) in [6.45, 7) is 0. The molecule has 0 unspecified atom stereocenters. The van der Waals surface area contributed by atoms with Gasteiger partial charge in [-0.15, -0.1) is 12.4 Å². The molecule has 0 aliphatic carbocycles. The lowest BCUT2D eigenvalue weighted by molar-refractivity contribution is 1.08. The molecule has 0 saturated carbocycles. The van der Waals surface area contributed by atoms with Gasteiger partial charge < -0.3 is 4.98 Å². The third-order valence-electron chi connectivity index (χ3n) is 0.639. The number of aromatic amines is 1. The zero-order chi connectivity index (χ0) is 5.98. The van der Waals surface area contributed by atoms with Crippen molar-refractivity contribution in [2.24, 2.45) is 0 Å². The van der Waals surface area contributed by atoms with E-state index in [1.165, 1.54) is 12.4 Å². The predicted molar refractivity (Wildman–Crippen MR) is 37.1 cm³/mol. The molecule has 5 heteroatoms. The number of hydrogen-bond acceptors (Lipinski definition) is 2. The zero-order valence-corrected chi connectivity index (χ0v) is 5.87. The maximum atomic E-state index is 10.2. The van der Waals surface area contributed by atoms with Gasteiger partial charge in [0.2, 0.25) is 0 Å². The van der Waals surface area contributed by atoms with Gasteiger partial charge in [-0.1, -0.05) is 11.6 Å². The van der Waals surface area contributed by atoms with E-state index in [1.54, 1.807) is 0 Å². The topological polar surface area (TPSA) is 45.8 Å². The minimum Gasteiger partial charge on any atom is -0.311 e. The van der Waals surface area contributed by atoms with Gasteiger partial charge in [-0.25, -0.2) is 9.78 Å². The second kappa shape index (κ2) is 3.48. The van der Waals surface area contributed by atoms with Crippen molar-refractivity contribution in [1.82, 2.24) is 9.97 Å². The molecule has 0 amide bonds. The molecule has 1 aromatic rings. The fraction of sp³-hybridized carbons (Fsp3) is 0. The average Bonchev–Trinajstić information content (AvgIpc) is 1.77. The second-order valence-corrected chi connectivity index (χ2v) is 1.67. The van der Waals surface area contributed by atoms with Crippen LogP contribution in [0.1, 0.15) is 0 Å². The van der Waals surface area contributed by atoms with Gasteiger partial charge in [0.05, 0.1) is 11.2 Å². The molecule has 50 valence electrons. The Kier molecular flexibility index (Phi) is 3.27. The molecule has 0 saturated heterocycles. The van der Waals surface area contributed by atoms with E-state index in [0.717, 1.165) is 0 Å². The number of H-pyrrole nitrogens is 1. The summed E-state index contributed by atoms with van der Waals surface area (Å²) in [4.78, 5) is 15.8. The summed E-state index contributed by atoms with van der Waals surface area (Å²) >= 11 is 5.38. The van der Waals surface area contributed by atoms with Gasteiger partial charge in [0, 0.05) is 6.20 Å². The van der Waals surface area contributed by atoms with Crippen molar-refractivity contribution in [3.63, 3.8) is 0 Å². The molecule has 1 N–H and O–H groups in total. The summed E-state index contributed by atoms with van der Waals surface area (Å²) in [6.07, 6.45) is 2.68. The fourth-order valence-corrected chi connectivity index (χ4v) is 0.429. The molecule has 0 radical (unpaired) electrons. The smallest absolute Gasteiger partial charge is 0.311 e. The van der Waals surface area contributed by atoms with Crippen LogP contribution in [0.25, 0.3) is 0 Å². The van der Waals surface area contributed by atoms with Gasteiger partial charge in [0.25, 0.3) is 0 Å². The number of halogens is 2. The Labute approximate surface area is 62.5 Å². The Hall–Kier alpha value is -0.540. The Bertz CT molecular complexity index is 214. The highest BCUT2D eigenvalue weighted by molar-refractivity contribution is 6.30. The lowest BCUT2D eigenvalue weighted by Crippen LogP contribution is -2.06. The predicted octanol–water partition coefficient (Wildman–Crippen LogP) is 0.845. The van der Waals surface area contributed by atoms with Crippen LogP contribution in [0.3, 0.4) is 0 Å². The van der Waals surface area contributed by atoms with E-state index in [0.29, 0.717) is 5.02 Å². The van der Waals surface area contributed by atoms with Crippen LogP contribution in [0.15, 0.2) is 17.2 Å². The monoisotopic (exact) mass is 166 g/mol. The summed E-state index contributed by atoms with van der Waals surface area (Å²) in [5.41, 5.74) is -0.380. The van der Waals surface area contributed by atoms with Gasteiger partial charge in [-0.05, 0) is 0 Å². The molecule has 0 spiro atoms. The summed E-state index contributed by atoms with van der Waals surface area (Å²) in [5, 5.41) is 0.435. The summed E-state index contributed by atoms with van der Waals surface area (Å²) in [7, 11) is 0. The third kappa shape index (κ3) is 2.49. The first-order chi connectivity index (χ1) is 3.79. The number of rotatable bonds is 0. The molecular formula is C4H4Cl2N2O. The molecule has 0 aliphatic rings. The SMILES string of the molecule is Cl.O=c1ncc(Cl)c[nH]1. The van der Waals surface area contributed by atoms with E-state index >= 15 is 0 Å². The molecule has 0 fully saturated rings. The van der Waals surface area contributed by atoms with E-state index in [1.807, 2.05) is 0 Å². The van der Waals surface area contributed by atoms with Crippen LogP contribution in [0, 0.1) is 0 Å². The lowest BCUT2D eigenvalue weighted by Gasteiger charge is -1.80. The molecule has 9 heavy (non-hydrogen) atoms. The third-order valence-corrected chi connectivity index (χ3v) is 0.845. The van der Waals surface area contributed by atoms with Crippen LogP contribution in [-0.2, 0) is 0 Å². The normalized spacial score (nSPS) is 8.11. The maximum absolute atomic E-state index is 10.2. The first-order valence-electron chi connectivity index (χ1n) is 1.99. The van der Waals surface area contributed by atoms with Gasteiger partial charge in [0.1, 0.15) is 0 Å².